The molecule has 0 saturated heterocycles. The Hall–Kier alpha value is 0. The van der Waals surface area contributed by atoms with E-state index in [9.17, 15) is 0 Å². The van der Waals surface area contributed by atoms with Gasteiger partial charge in [-0.25, -0.2) is 0 Å². The highest BCUT2D eigenvalue weighted by atomic mass is 14.4. The Morgan fingerprint density at radius 2 is 0.846 bits per heavy atom. The summed E-state index contributed by atoms with van der Waals surface area (Å²) in [5, 5.41) is 0. The van der Waals surface area contributed by atoms with Crippen LogP contribution in [0.5, 0.6) is 0 Å². The molecule has 0 heteroatoms. The average Bonchev–Trinajstić information content (AvgIpc) is 2.83. The highest BCUT2D eigenvalue weighted by Crippen LogP contribution is 2.45. The van der Waals surface area contributed by atoms with E-state index in [4.69, 9.17) is 0 Å². The Morgan fingerprint density at radius 3 is 1.31 bits per heavy atom. The molecule has 2 atom stereocenters. The summed E-state index contributed by atoms with van der Waals surface area (Å²) in [6.45, 7) is 0. The molecule has 0 amide bonds. The minimum atomic E-state index is 1.17. The maximum Gasteiger partial charge on any atom is -0.0383 e. The van der Waals surface area contributed by atoms with Gasteiger partial charge in [-0.2, -0.15) is 0 Å². The van der Waals surface area contributed by atoms with Crippen molar-refractivity contribution in [3.05, 3.63) is 0 Å². The van der Waals surface area contributed by atoms with Gasteiger partial charge in [0, 0.05) is 0 Å². The van der Waals surface area contributed by atoms with Crippen LogP contribution in [0.3, 0.4) is 0 Å². The summed E-state index contributed by atoms with van der Waals surface area (Å²) < 4.78 is 0. The van der Waals surface area contributed by atoms with Crippen molar-refractivity contribution in [1.82, 2.24) is 0 Å². The van der Waals surface area contributed by atoms with E-state index in [1.54, 1.807) is 19.3 Å². The predicted octanol–water partition coefficient (Wildman–Crippen LogP) is 4.54. The van der Waals surface area contributed by atoms with Crippen LogP contribution in [0.4, 0.5) is 0 Å². The molecule has 0 aromatic rings. The SMILES string of the molecule is C1CCCCC[C@@H]2C[C@H]2CCCC1. The van der Waals surface area contributed by atoms with Crippen LogP contribution < -0.4 is 0 Å². The predicted molar refractivity (Wildman–Crippen MR) is 57.8 cm³/mol. The lowest BCUT2D eigenvalue weighted by Crippen LogP contribution is -1.89. The fraction of sp³-hybridized carbons (Fsp3) is 1.00. The van der Waals surface area contributed by atoms with Crippen LogP contribution in [0.15, 0.2) is 0 Å². The van der Waals surface area contributed by atoms with Gasteiger partial charge in [0.1, 0.15) is 0 Å². The van der Waals surface area contributed by atoms with Crippen molar-refractivity contribution < 1.29 is 0 Å². The molecule has 0 nitrogen and oxygen atoms in total. The lowest BCUT2D eigenvalue weighted by Gasteiger charge is -2.05. The zero-order valence-electron chi connectivity index (χ0n) is 8.93. The smallest absolute Gasteiger partial charge is 0.0383 e. The monoisotopic (exact) mass is 180 g/mol. The minimum absolute atomic E-state index is 1.17. The normalized spacial score (nSPS) is 36.9. The lowest BCUT2D eigenvalue weighted by atomic mass is 10.0. The van der Waals surface area contributed by atoms with Crippen molar-refractivity contribution in [2.24, 2.45) is 11.8 Å². The van der Waals surface area contributed by atoms with E-state index in [-0.39, 0.29) is 0 Å². The summed E-state index contributed by atoms with van der Waals surface area (Å²) in [5.74, 6) is 2.33. The van der Waals surface area contributed by atoms with Crippen molar-refractivity contribution in [3.8, 4) is 0 Å². The Kier molecular flexibility index (Phi) is 3.69. The van der Waals surface area contributed by atoms with E-state index in [0.717, 1.165) is 0 Å². The fourth-order valence-electron chi connectivity index (χ4n) is 2.89. The molecule has 2 saturated carbocycles. The average molecular weight is 180 g/mol. The fourth-order valence-corrected chi connectivity index (χ4v) is 2.89. The quantitative estimate of drug-likeness (QED) is 0.513. The Labute approximate surface area is 83.1 Å². The van der Waals surface area contributed by atoms with Crippen LogP contribution >= 0.6 is 0 Å². The van der Waals surface area contributed by atoms with Crippen LogP contribution in [0.1, 0.15) is 70.6 Å². The summed E-state index contributed by atoms with van der Waals surface area (Å²) in [4.78, 5) is 0. The molecular weight excluding hydrogens is 156 g/mol. The van der Waals surface area contributed by atoms with Crippen LogP contribution in [-0.4, -0.2) is 0 Å². The maximum absolute atomic E-state index is 1.58. The van der Waals surface area contributed by atoms with Gasteiger partial charge in [-0.15, -0.1) is 0 Å². The largest absolute Gasteiger partial charge is 0.0533 e. The highest BCUT2D eigenvalue weighted by molar-refractivity contribution is 4.85. The van der Waals surface area contributed by atoms with Crippen LogP contribution in [0, 0.1) is 11.8 Å². The molecule has 2 fully saturated rings. The molecule has 0 aliphatic heterocycles. The second-order valence-electron chi connectivity index (χ2n) is 5.16. The van der Waals surface area contributed by atoms with E-state index < -0.39 is 0 Å². The van der Waals surface area contributed by atoms with Gasteiger partial charge in [0.15, 0.2) is 0 Å². The third-order valence-electron chi connectivity index (χ3n) is 3.97. The van der Waals surface area contributed by atoms with Gasteiger partial charge in [-0.1, -0.05) is 64.2 Å². The zero-order chi connectivity index (χ0) is 8.93. The van der Waals surface area contributed by atoms with Gasteiger partial charge in [-0.05, 0) is 18.3 Å². The summed E-state index contributed by atoms with van der Waals surface area (Å²) in [7, 11) is 0. The molecule has 0 N–H and O–H groups in total. The van der Waals surface area contributed by atoms with Gasteiger partial charge >= 0.3 is 0 Å². The van der Waals surface area contributed by atoms with Crippen molar-refractivity contribution in [1.29, 1.82) is 0 Å². The molecule has 0 aromatic heterocycles. The second kappa shape index (κ2) is 5.02. The Morgan fingerprint density at radius 1 is 0.462 bits per heavy atom. The first-order valence-electron chi connectivity index (χ1n) is 6.47. The molecule has 2 aliphatic rings. The summed E-state index contributed by atoms with van der Waals surface area (Å²) in [5.41, 5.74) is 0. The third-order valence-corrected chi connectivity index (χ3v) is 3.97. The Balaban J connectivity index is 1.66. The van der Waals surface area contributed by atoms with E-state index in [2.05, 4.69) is 0 Å². The summed E-state index contributed by atoms with van der Waals surface area (Å²) >= 11 is 0. The van der Waals surface area contributed by atoms with E-state index in [1.165, 1.54) is 63.2 Å². The third kappa shape index (κ3) is 3.32. The molecule has 13 heavy (non-hydrogen) atoms. The van der Waals surface area contributed by atoms with Gasteiger partial charge in [0.05, 0.1) is 0 Å². The van der Waals surface area contributed by atoms with E-state index >= 15 is 0 Å². The molecule has 0 radical (unpaired) electrons. The van der Waals surface area contributed by atoms with Gasteiger partial charge < -0.3 is 0 Å². The molecule has 2 rings (SSSR count). The zero-order valence-corrected chi connectivity index (χ0v) is 8.93. The standard InChI is InChI=1S/C13H24/c1-2-4-6-8-10-13-11-12(13)9-7-5-3-1/h12-13H,1-11H2/t12-,13-/m1/s1. The van der Waals surface area contributed by atoms with Crippen LogP contribution in [0.2, 0.25) is 0 Å². The molecule has 76 valence electrons. The summed E-state index contributed by atoms with van der Waals surface area (Å²) in [6, 6.07) is 0. The molecule has 0 aromatic carbocycles. The van der Waals surface area contributed by atoms with Gasteiger partial charge in [-0.3, -0.25) is 0 Å². The lowest BCUT2D eigenvalue weighted by molar-refractivity contribution is 0.491. The maximum atomic E-state index is 1.58. The van der Waals surface area contributed by atoms with E-state index in [1.807, 2.05) is 0 Å². The summed E-state index contributed by atoms with van der Waals surface area (Å²) in [6.07, 6.45) is 16.8. The van der Waals surface area contributed by atoms with Crippen LogP contribution in [-0.2, 0) is 0 Å². The molecule has 0 spiro atoms. The van der Waals surface area contributed by atoms with Crippen molar-refractivity contribution in [2.45, 2.75) is 70.6 Å². The number of rotatable bonds is 0. The number of fused-ring (bicyclic) bond motifs is 1. The first kappa shape index (κ1) is 9.55. The molecule has 2 aliphatic carbocycles. The molecule has 0 unspecified atom stereocenters. The topological polar surface area (TPSA) is 0 Å². The molecular formula is C13H24. The van der Waals surface area contributed by atoms with Crippen molar-refractivity contribution >= 4 is 0 Å². The Bertz CT molecular complexity index is 123. The van der Waals surface area contributed by atoms with Crippen molar-refractivity contribution in [2.75, 3.05) is 0 Å². The van der Waals surface area contributed by atoms with Gasteiger partial charge in [0.25, 0.3) is 0 Å². The van der Waals surface area contributed by atoms with Crippen LogP contribution in [0.25, 0.3) is 0 Å². The first-order valence-corrected chi connectivity index (χ1v) is 6.47. The number of hydrogen-bond donors (Lipinski definition) is 0. The number of hydrogen-bond acceptors (Lipinski definition) is 0. The first-order chi connectivity index (χ1) is 6.47. The second-order valence-corrected chi connectivity index (χ2v) is 5.16. The van der Waals surface area contributed by atoms with Gasteiger partial charge in [0.2, 0.25) is 0 Å². The minimum Gasteiger partial charge on any atom is -0.0533 e. The van der Waals surface area contributed by atoms with Crippen molar-refractivity contribution in [3.63, 3.8) is 0 Å². The highest BCUT2D eigenvalue weighted by Gasteiger charge is 2.35. The molecule has 0 bridgehead atoms. The molecule has 0 heterocycles. The van der Waals surface area contributed by atoms with E-state index in [0.29, 0.717) is 0 Å².